The molecule has 39 heavy (non-hydrogen) atoms. The zero-order chi connectivity index (χ0) is 27.2. The van der Waals surface area contributed by atoms with E-state index < -0.39 is 0 Å². The smallest absolute Gasteiger partial charge is 0.254 e. The fourth-order valence-electron chi connectivity index (χ4n) is 5.09. The van der Waals surface area contributed by atoms with Crippen LogP contribution in [0.2, 0.25) is 0 Å². The SMILES string of the molecule is CCCN(CC(=O)N(CCc1c[nH]c2ccccc12)Cc1ccc(C)cc1)C(=O)c1ccc2ccccc2c1. The van der Waals surface area contributed by atoms with Gasteiger partial charge in [0.2, 0.25) is 5.91 Å². The van der Waals surface area contributed by atoms with Gasteiger partial charge in [0.15, 0.2) is 0 Å². The summed E-state index contributed by atoms with van der Waals surface area (Å²) in [4.78, 5) is 34.3. The largest absolute Gasteiger partial charge is 0.361 e. The van der Waals surface area contributed by atoms with Gasteiger partial charge in [-0.2, -0.15) is 0 Å². The van der Waals surface area contributed by atoms with Gasteiger partial charge in [0.1, 0.15) is 6.54 Å². The number of H-pyrrole nitrogens is 1. The highest BCUT2D eigenvalue weighted by Crippen LogP contribution is 2.20. The third kappa shape index (κ3) is 6.20. The Bertz CT molecular complexity index is 1590. The maximum absolute atomic E-state index is 13.8. The number of aryl methyl sites for hydroxylation is 1. The van der Waals surface area contributed by atoms with Gasteiger partial charge in [-0.25, -0.2) is 0 Å². The second kappa shape index (κ2) is 12.0. The van der Waals surface area contributed by atoms with Gasteiger partial charge >= 0.3 is 0 Å². The summed E-state index contributed by atoms with van der Waals surface area (Å²) in [6, 6.07) is 30.3. The standard InChI is InChI=1S/C34H35N3O2/c1-3-19-37(34(39)29-17-16-27-8-4-5-9-28(27)21-29)24-33(38)36(23-26-14-12-25(2)13-15-26)20-18-30-22-35-32-11-7-6-10-31(30)32/h4-17,21-22,35H,3,18-20,23-24H2,1-2H3. The van der Waals surface area contributed by atoms with Crippen molar-refractivity contribution in [2.24, 2.45) is 0 Å². The van der Waals surface area contributed by atoms with E-state index in [1.807, 2.05) is 72.6 Å². The molecule has 0 spiro atoms. The van der Waals surface area contributed by atoms with Gasteiger partial charge in [-0.15, -0.1) is 0 Å². The summed E-state index contributed by atoms with van der Waals surface area (Å²) in [7, 11) is 0. The molecule has 1 N–H and O–H groups in total. The average molecular weight is 518 g/mol. The molecule has 5 aromatic rings. The van der Waals surface area contributed by atoms with Crippen molar-refractivity contribution < 1.29 is 9.59 Å². The predicted octanol–water partition coefficient (Wildman–Crippen LogP) is 6.75. The lowest BCUT2D eigenvalue weighted by Gasteiger charge is -2.28. The Labute approximate surface area is 230 Å². The summed E-state index contributed by atoms with van der Waals surface area (Å²) in [5.41, 5.74) is 5.16. The third-order valence-corrected chi connectivity index (χ3v) is 7.28. The van der Waals surface area contributed by atoms with E-state index in [4.69, 9.17) is 0 Å². The first kappa shape index (κ1) is 26.2. The number of amides is 2. The van der Waals surface area contributed by atoms with Crippen molar-refractivity contribution >= 4 is 33.5 Å². The number of nitrogens with zero attached hydrogens (tertiary/aromatic N) is 2. The Hall–Kier alpha value is -4.38. The van der Waals surface area contributed by atoms with Crippen molar-refractivity contribution in [3.63, 3.8) is 0 Å². The van der Waals surface area contributed by atoms with Crippen LogP contribution in [0, 0.1) is 6.92 Å². The fourth-order valence-corrected chi connectivity index (χ4v) is 5.09. The second-order valence-electron chi connectivity index (χ2n) is 10.2. The lowest BCUT2D eigenvalue weighted by atomic mass is 10.1. The van der Waals surface area contributed by atoms with Gasteiger partial charge in [-0.05, 0) is 59.9 Å². The molecule has 0 aliphatic heterocycles. The monoisotopic (exact) mass is 517 g/mol. The zero-order valence-corrected chi connectivity index (χ0v) is 22.7. The summed E-state index contributed by atoms with van der Waals surface area (Å²) in [5.74, 6) is -0.152. The van der Waals surface area contributed by atoms with E-state index in [-0.39, 0.29) is 18.4 Å². The van der Waals surface area contributed by atoms with Gasteiger partial charge in [0.25, 0.3) is 5.91 Å². The van der Waals surface area contributed by atoms with Crippen LogP contribution in [0.25, 0.3) is 21.7 Å². The quantitative estimate of drug-likeness (QED) is 0.223. The Morgan fingerprint density at radius 1 is 0.795 bits per heavy atom. The zero-order valence-electron chi connectivity index (χ0n) is 22.7. The minimum Gasteiger partial charge on any atom is -0.361 e. The molecule has 1 heterocycles. The number of nitrogens with one attached hydrogen (secondary N) is 1. The molecule has 0 aliphatic carbocycles. The summed E-state index contributed by atoms with van der Waals surface area (Å²) in [5, 5.41) is 3.29. The molecule has 0 saturated heterocycles. The van der Waals surface area contributed by atoms with Crippen molar-refractivity contribution in [2.45, 2.75) is 33.2 Å². The van der Waals surface area contributed by atoms with Gasteiger partial charge in [-0.3, -0.25) is 9.59 Å². The van der Waals surface area contributed by atoms with E-state index in [9.17, 15) is 9.59 Å². The van der Waals surface area contributed by atoms with Crippen LogP contribution in [0.5, 0.6) is 0 Å². The van der Waals surface area contributed by atoms with E-state index in [1.54, 1.807) is 4.90 Å². The number of benzene rings is 4. The summed E-state index contributed by atoms with van der Waals surface area (Å²) >= 11 is 0. The number of aromatic amines is 1. The van der Waals surface area contributed by atoms with E-state index in [0.29, 0.717) is 25.2 Å². The van der Waals surface area contributed by atoms with E-state index in [0.717, 1.165) is 34.7 Å². The van der Waals surface area contributed by atoms with Crippen molar-refractivity contribution in [1.82, 2.24) is 14.8 Å². The van der Waals surface area contributed by atoms with Crippen molar-refractivity contribution in [1.29, 1.82) is 0 Å². The van der Waals surface area contributed by atoms with E-state index >= 15 is 0 Å². The minimum atomic E-state index is -0.108. The first-order valence-electron chi connectivity index (χ1n) is 13.7. The highest BCUT2D eigenvalue weighted by Gasteiger charge is 2.23. The fraction of sp³-hybridized carbons (Fsp3) is 0.235. The molecule has 4 aromatic carbocycles. The molecule has 198 valence electrons. The van der Waals surface area contributed by atoms with Gasteiger partial charge in [0.05, 0.1) is 0 Å². The van der Waals surface area contributed by atoms with Crippen LogP contribution >= 0.6 is 0 Å². The van der Waals surface area contributed by atoms with Crippen LogP contribution < -0.4 is 0 Å². The first-order valence-corrected chi connectivity index (χ1v) is 13.7. The van der Waals surface area contributed by atoms with Crippen LogP contribution in [0.15, 0.2) is 97.2 Å². The average Bonchev–Trinajstić information content (AvgIpc) is 3.38. The molecular weight excluding hydrogens is 482 g/mol. The molecule has 0 bridgehead atoms. The number of para-hydroxylation sites is 1. The van der Waals surface area contributed by atoms with Crippen molar-refractivity contribution in [3.8, 4) is 0 Å². The molecule has 5 nitrogen and oxygen atoms in total. The normalized spacial score (nSPS) is 11.1. The van der Waals surface area contributed by atoms with Crippen LogP contribution in [0.3, 0.4) is 0 Å². The van der Waals surface area contributed by atoms with E-state index in [2.05, 4.69) is 48.3 Å². The molecule has 0 unspecified atom stereocenters. The third-order valence-electron chi connectivity index (χ3n) is 7.28. The van der Waals surface area contributed by atoms with Gasteiger partial charge in [0, 0.05) is 42.3 Å². The summed E-state index contributed by atoms with van der Waals surface area (Å²) in [6.07, 6.45) is 3.54. The van der Waals surface area contributed by atoms with E-state index in [1.165, 1.54) is 16.5 Å². The molecule has 0 saturated carbocycles. The van der Waals surface area contributed by atoms with Crippen LogP contribution in [0.4, 0.5) is 0 Å². The highest BCUT2D eigenvalue weighted by atomic mass is 16.2. The summed E-state index contributed by atoms with van der Waals surface area (Å²) < 4.78 is 0. The number of hydrogen-bond acceptors (Lipinski definition) is 2. The lowest BCUT2D eigenvalue weighted by molar-refractivity contribution is -0.132. The molecule has 0 atom stereocenters. The number of fused-ring (bicyclic) bond motifs is 2. The minimum absolute atomic E-state index is 0.0435. The molecule has 0 fully saturated rings. The molecule has 0 aliphatic rings. The Morgan fingerprint density at radius 3 is 2.33 bits per heavy atom. The number of hydrogen-bond donors (Lipinski definition) is 1. The number of rotatable bonds is 10. The van der Waals surface area contributed by atoms with Crippen LogP contribution in [-0.2, 0) is 17.8 Å². The van der Waals surface area contributed by atoms with Crippen LogP contribution in [-0.4, -0.2) is 46.2 Å². The number of carbonyl (C=O) groups is 2. The second-order valence-corrected chi connectivity index (χ2v) is 10.2. The first-order chi connectivity index (χ1) is 19.0. The van der Waals surface area contributed by atoms with Gasteiger partial charge in [-0.1, -0.05) is 85.3 Å². The Morgan fingerprint density at radius 2 is 1.54 bits per heavy atom. The van der Waals surface area contributed by atoms with Crippen LogP contribution in [0.1, 0.15) is 40.4 Å². The molecule has 2 amide bonds. The lowest BCUT2D eigenvalue weighted by Crippen LogP contribution is -2.43. The highest BCUT2D eigenvalue weighted by molar-refractivity contribution is 6.00. The maximum atomic E-state index is 13.8. The Kier molecular flexibility index (Phi) is 8.07. The Balaban J connectivity index is 1.36. The molecule has 5 rings (SSSR count). The van der Waals surface area contributed by atoms with Crippen molar-refractivity contribution in [3.05, 3.63) is 119 Å². The topological polar surface area (TPSA) is 56.4 Å². The van der Waals surface area contributed by atoms with Crippen molar-refractivity contribution in [2.75, 3.05) is 19.6 Å². The molecule has 1 aromatic heterocycles. The van der Waals surface area contributed by atoms with Gasteiger partial charge < -0.3 is 14.8 Å². The molecule has 0 radical (unpaired) electrons. The number of aromatic nitrogens is 1. The maximum Gasteiger partial charge on any atom is 0.254 e. The number of carbonyl (C=O) groups excluding carboxylic acids is 2. The summed E-state index contributed by atoms with van der Waals surface area (Å²) in [6.45, 7) is 5.75. The molecule has 5 heteroatoms. The molecular formula is C34H35N3O2. The predicted molar refractivity (Wildman–Crippen MR) is 159 cm³/mol.